The van der Waals surface area contributed by atoms with E-state index in [2.05, 4.69) is 15.5 Å². The van der Waals surface area contributed by atoms with Gasteiger partial charge in [0.1, 0.15) is 6.61 Å². The highest BCUT2D eigenvalue weighted by Gasteiger charge is 2.21. The van der Waals surface area contributed by atoms with Crippen LogP contribution in [0.25, 0.3) is 0 Å². The van der Waals surface area contributed by atoms with Crippen molar-refractivity contribution in [1.82, 2.24) is 15.5 Å². The maximum atomic E-state index is 12.0. The predicted octanol–water partition coefficient (Wildman–Crippen LogP) is 1.85. The van der Waals surface area contributed by atoms with Gasteiger partial charge in [0.05, 0.1) is 13.2 Å². The number of amides is 1. The molecule has 0 saturated carbocycles. The zero-order valence-corrected chi connectivity index (χ0v) is 16.7. The number of nitrogens with zero attached hydrogens (tertiary/aromatic N) is 1. The molecular weight excluding hydrogens is 365 g/mol. The summed E-state index contributed by atoms with van der Waals surface area (Å²) in [6.07, 6.45) is 1.97. The van der Waals surface area contributed by atoms with Gasteiger partial charge in [0.2, 0.25) is 5.91 Å². The molecule has 0 spiro atoms. The van der Waals surface area contributed by atoms with Gasteiger partial charge in [0.15, 0.2) is 11.5 Å². The van der Waals surface area contributed by atoms with Crippen LogP contribution in [0, 0.1) is 0 Å². The Kier molecular flexibility index (Phi) is 11.6. The highest BCUT2D eigenvalue weighted by atomic mass is 35.5. The minimum absolute atomic E-state index is 0. The Morgan fingerprint density at radius 1 is 1.32 bits per heavy atom. The summed E-state index contributed by atoms with van der Waals surface area (Å²) in [4.78, 5) is 14.1. The number of rotatable bonds is 8. The number of benzene rings is 1. The van der Waals surface area contributed by atoms with Crippen molar-refractivity contribution in [3.05, 3.63) is 23.8 Å². The Hall–Kier alpha value is -1.21. The van der Waals surface area contributed by atoms with Crippen LogP contribution in [-0.4, -0.2) is 57.8 Å². The molecule has 1 aliphatic rings. The standard InChI is InChI=1S/C17H27N3O3.2ClH/c1-20(2)9-10-23-15-7-6-13(11-16(15)22-3)12-19-17(21)14-5-4-8-18-14;;/h6-7,11,14,18H,4-5,8-10,12H2,1-3H3,(H,19,21);2*1H. The lowest BCUT2D eigenvalue weighted by molar-refractivity contribution is -0.122. The van der Waals surface area contributed by atoms with Gasteiger partial charge in [-0.25, -0.2) is 0 Å². The smallest absolute Gasteiger partial charge is 0.237 e. The van der Waals surface area contributed by atoms with Crippen molar-refractivity contribution in [2.45, 2.75) is 25.4 Å². The van der Waals surface area contributed by atoms with Crippen LogP contribution in [0.3, 0.4) is 0 Å². The molecule has 1 atom stereocenters. The zero-order valence-electron chi connectivity index (χ0n) is 15.0. The molecule has 1 heterocycles. The van der Waals surface area contributed by atoms with E-state index in [-0.39, 0.29) is 36.8 Å². The molecule has 1 aromatic rings. The molecule has 2 rings (SSSR count). The molecule has 1 saturated heterocycles. The Balaban J connectivity index is 0.00000288. The number of ether oxygens (including phenoxy) is 2. The van der Waals surface area contributed by atoms with E-state index < -0.39 is 0 Å². The second kappa shape index (κ2) is 12.2. The average molecular weight is 394 g/mol. The van der Waals surface area contributed by atoms with Gasteiger partial charge < -0.3 is 25.0 Å². The summed E-state index contributed by atoms with van der Waals surface area (Å²) in [6.45, 7) is 2.86. The van der Waals surface area contributed by atoms with Crippen LogP contribution < -0.4 is 20.1 Å². The van der Waals surface area contributed by atoms with E-state index in [0.717, 1.165) is 37.2 Å². The molecule has 6 nitrogen and oxygen atoms in total. The Morgan fingerprint density at radius 2 is 2.08 bits per heavy atom. The fraction of sp³-hybridized carbons (Fsp3) is 0.588. The summed E-state index contributed by atoms with van der Waals surface area (Å²) in [5.74, 6) is 1.48. The number of likely N-dealkylation sites (N-methyl/N-ethyl adjacent to an activating group) is 1. The SMILES string of the molecule is COc1cc(CNC(=O)C2CCCN2)ccc1OCCN(C)C.Cl.Cl. The van der Waals surface area contributed by atoms with Gasteiger partial charge >= 0.3 is 0 Å². The number of hydrogen-bond donors (Lipinski definition) is 2. The largest absolute Gasteiger partial charge is 0.493 e. The molecule has 1 fully saturated rings. The van der Waals surface area contributed by atoms with Crippen LogP contribution in [-0.2, 0) is 11.3 Å². The molecule has 0 aromatic heterocycles. The van der Waals surface area contributed by atoms with E-state index in [1.807, 2.05) is 32.3 Å². The van der Waals surface area contributed by atoms with Crippen molar-refractivity contribution < 1.29 is 14.3 Å². The number of carbonyl (C=O) groups is 1. The van der Waals surface area contributed by atoms with E-state index in [1.54, 1.807) is 7.11 Å². The van der Waals surface area contributed by atoms with E-state index in [4.69, 9.17) is 9.47 Å². The average Bonchev–Trinajstić information content (AvgIpc) is 3.07. The summed E-state index contributed by atoms with van der Waals surface area (Å²) in [7, 11) is 5.64. The second-order valence-corrected chi connectivity index (χ2v) is 6.00. The predicted molar refractivity (Wildman–Crippen MR) is 104 cm³/mol. The van der Waals surface area contributed by atoms with Crippen molar-refractivity contribution in [3.63, 3.8) is 0 Å². The first-order chi connectivity index (χ1) is 11.1. The lowest BCUT2D eigenvalue weighted by Crippen LogP contribution is -2.39. The van der Waals surface area contributed by atoms with Crippen molar-refractivity contribution in [3.8, 4) is 11.5 Å². The van der Waals surface area contributed by atoms with Crippen LogP contribution >= 0.6 is 24.8 Å². The maximum absolute atomic E-state index is 12.0. The van der Waals surface area contributed by atoms with Crippen molar-refractivity contribution in [2.75, 3.05) is 40.9 Å². The summed E-state index contributed by atoms with van der Waals surface area (Å²) < 4.78 is 11.1. The normalized spacial score (nSPS) is 15.9. The fourth-order valence-electron chi connectivity index (χ4n) is 2.50. The second-order valence-electron chi connectivity index (χ2n) is 6.00. The molecule has 0 bridgehead atoms. The maximum Gasteiger partial charge on any atom is 0.237 e. The molecule has 8 heteroatoms. The van der Waals surface area contributed by atoms with E-state index in [9.17, 15) is 4.79 Å². The van der Waals surface area contributed by atoms with Gasteiger partial charge in [-0.05, 0) is 51.2 Å². The molecule has 1 amide bonds. The molecule has 1 aliphatic heterocycles. The van der Waals surface area contributed by atoms with Crippen LogP contribution in [0.4, 0.5) is 0 Å². The van der Waals surface area contributed by atoms with E-state index in [1.165, 1.54) is 0 Å². The Bertz CT molecular complexity index is 524. The van der Waals surface area contributed by atoms with Gasteiger partial charge in [-0.2, -0.15) is 0 Å². The lowest BCUT2D eigenvalue weighted by atomic mass is 10.1. The van der Waals surface area contributed by atoms with Crippen LogP contribution in [0.15, 0.2) is 18.2 Å². The number of hydrogen-bond acceptors (Lipinski definition) is 5. The number of methoxy groups -OCH3 is 1. The highest BCUT2D eigenvalue weighted by molar-refractivity contribution is 5.85. The number of carbonyl (C=O) groups excluding carboxylic acids is 1. The first kappa shape index (κ1) is 23.8. The summed E-state index contributed by atoms with van der Waals surface area (Å²) in [6, 6.07) is 5.71. The third-order valence-corrected chi connectivity index (χ3v) is 3.87. The minimum Gasteiger partial charge on any atom is -0.493 e. The third-order valence-electron chi connectivity index (χ3n) is 3.87. The molecule has 1 aromatic carbocycles. The Labute approximate surface area is 162 Å². The quantitative estimate of drug-likeness (QED) is 0.705. The number of nitrogens with one attached hydrogen (secondary N) is 2. The molecule has 0 aliphatic carbocycles. The van der Waals surface area contributed by atoms with E-state index in [0.29, 0.717) is 18.9 Å². The molecule has 1 unspecified atom stereocenters. The van der Waals surface area contributed by atoms with Gasteiger partial charge in [-0.3, -0.25) is 4.79 Å². The van der Waals surface area contributed by atoms with Gasteiger partial charge in [-0.1, -0.05) is 6.07 Å². The van der Waals surface area contributed by atoms with Gasteiger partial charge in [-0.15, -0.1) is 24.8 Å². The molecule has 25 heavy (non-hydrogen) atoms. The lowest BCUT2D eigenvalue weighted by Gasteiger charge is -2.15. The number of halogens is 2. The van der Waals surface area contributed by atoms with Gasteiger partial charge in [0.25, 0.3) is 0 Å². The van der Waals surface area contributed by atoms with Crippen molar-refractivity contribution in [2.24, 2.45) is 0 Å². The summed E-state index contributed by atoms with van der Waals surface area (Å²) >= 11 is 0. The molecule has 0 radical (unpaired) electrons. The first-order valence-corrected chi connectivity index (χ1v) is 8.05. The van der Waals surface area contributed by atoms with Crippen LogP contribution in [0.1, 0.15) is 18.4 Å². The van der Waals surface area contributed by atoms with Crippen LogP contribution in [0.2, 0.25) is 0 Å². The minimum atomic E-state index is -0.0504. The zero-order chi connectivity index (χ0) is 16.7. The first-order valence-electron chi connectivity index (χ1n) is 8.05. The fourth-order valence-corrected chi connectivity index (χ4v) is 2.50. The Morgan fingerprint density at radius 3 is 2.68 bits per heavy atom. The third kappa shape index (κ3) is 7.69. The highest BCUT2D eigenvalue weighted by Crippen LogP contribution is 2.28. The molecular formula is C17H29Cl2N3O3. The molecule has 144 valence electrons. The molecule has 2 N–H and O–H groups in total. The van der Waals surface area contributed by atoms with Crippen molar-refractivity contribution in [1.29, 1.82) is 0 Å². The van der Waals surface area contributed by atoms with Gasteiger partial charge in [0, 0.05) is 13.1 Å². The van der Waals surface area contributed by atoms with Crippen LogP contribution in [0.5, 0.6) is 11.5 Å². The monoisotopic (exact) mass is 393 g/mol. The van der Waals surface area contributed by atoms with E-state index >= 15 is 0 Å². The summed E-state index contributed by atoms with van der Waals surface area (Å²) in [5, 5.41) is 6.16. The van der Waals surface area contributed by atoms with Crippen molar-refractivity contribution >= 4 is 30.7 Å². The summed E-state index contributed by atoms with van der Waals surface area (Å²) in [5.41, 5.74) is 0.994. The topological polar surface area (TPSA) is 62.8 Å².